The van der Waals surface area contributed by atoms with Gasteiger partial charge in [-0.2, -0.15) is 0 Å². The first kappa shape index (κ1) is 33.7. The molecular weight excluding hydrogens is 647 g/mol. The summed E-state index contributed by atoms with van der Waals surface area (Å²) in [6, 6.07) is 49.7. The number of nitrogens with one attached hydrogen (secondary N) is 4. The first-order valence-electron chi connectivity index (χ1n) is 18.3. The lowest BCUT2D eigenvalue weighted by molar-refractivity contribution is 1.18. The summed E-state index contributed by atoms with van der Waals surface area (Å²) in [6.45, 7) is 12.9. The second kappa shape index (κ2) is 13.9. The normalized spacial score (nSPS) is 11.2. The Morgan fingerprint density at radius 3 is 1.36 bits per heavy atom. The largest absolute Gasteiger partial charge is 0.354 e. The van der Waals surface area contributed by atoms with Crippen LogP contribution in [0.25, 0.3) is 27.5 Å². The molecule has 0 atom stereocenters. The van der Waals surface area contributed by atoms with Crippen molar-refractivity contribution in [1.82, 2.24) is 4.57 Å². The molecule has 0 aliphatic rings. The summed E-state index contributed by atoms with van der Waals surface area (Å²) in [5, 5.41) is 17.3. The monoisotopic (exact) mass is 691 g/mol. The van der Waals surface area contributed by atoms with Crippen LogP contribution in [0.4, 0.5) is 45.5 Å². The summed E-state index contributed by atoms with van der Waals surface area (Å²) in [5.74, 6) is 0. The number of benzene rings is 7. The topological polar surface area (TPSA) is 53.0 Å². The van der Waals surface area contributed by atoms with Crippen molar-refractivity contribution in [2.45, 2.75) is 41.5 Å². The highest BCUT2D eigenvalue weighted by molar-refractivity contribution is 6.10. The molecule has 1 heterocycles. The van der Waals surface area contributed by atoms with Crippen LogP contribution in [0.1, 0.15) is 33.4 Å². The van der Waals surface area contributed by atoms with E-state index < -0.39 is 0 Å². The average Bonchev–Trinajstić information content (AvgIpc) is 3.46. The Morgan fingerprint density at radius 1 is 0.358 bits per heavy atom. The number of hydrogen-bond acceptors (Lipinski definition) is 4. The van der Waals surface area contributed by atoms with Crippen LogP contribution in [0.5, 0.6) is 0 Å². The molecule has 7 aromatic carbocycles. The van der Waals surface area contributed by atoms with Crippen LogP contribution >= 0.6 is 0 Å². The fourth-order valence-corrected chi connectivity index (χ4v) is 7.79. The third-order valence-corrected chi connectivity index (χ3v) is 10.1. The van der Waals surface area contributed by atoms with Crippen LogP contribution in [0, 0.1) is 41.5 Å². The fourth-order valence-electron chi connectivity index (χ4n) is 7.79. The minimum absolute atomic E-state index is 1.01. The number of rotatable bonds is 9. The van der Waals surface area contributed by atoms with Crippen molar-refractivity contribution in [3.8, 4) is 5.69 Å². The van der Waals surface area contributed by atoms with Gasteiger partial charge in [0.2, 0.25) is 0 Å². The van der Waals surface area contributed by atoms with E-state index in [2.05, 4.69) is 207 Å². The smallest absolute Gasteiger partial charge is 0.0623 e. The molecule has 0 amide bonds. The van der Waals surface area contributed by atoms with Crippen molar-refractivity contribution in [3.63, 3.8) is 0 Å². The van der Waals surface area contributed by atoms with E-state index in [1.54, 1.807) is 0 Å². The summed E-state index contributed by atoms with van der Waals surface area (Å²) in [6.07, 6.45) is 0. The van der Waals surface area contributed by atoms with Crippen molar-refractivity contribution < 1.29 is 0 Å². The van der Waals surface area contributed by atoms with Crippen molar-refractivity contribution in [3.05, 3.63) is 173 Å². The average molecular weight is 692 g/mol. The van der Waals surface area contributed by atoms with Gasteiger partial charge in [0, 0.05) is 39.2 Å². The Bertz CT molecular complexity index is 2600. The van der Waals surface area contributed by atoms with E-state index in [9.17, 15) is 0 Å². The summed E-state index contributed by atoms with van der Waals surface area (Å²) < 4.78 is 2.37. The number of nitrogens with zero attached hydrogens (tertiary/aromatic N) is 1. The summed E-state index contributed by atoms with van der Waals surface area (Å²) in [4.78, 5) is 0. The van der Waals surface area contributed by atoms with Gasteiger partial charge in [0.05, 0.1) is 33.8 Å². The number of hydrogen-bond donors (Lipinski definition) is 4. The predicted molar refractivity (Wildman–Crippen MR) is 228 cm³/mol. The molecule has 0 saturated carbocycles. The first-order chi connectivity index (χ1) is 25.7. The number of aromatic nitrogens is 1. The molecule has 0 spiro atoms. The maximum Gasteiger partial charge on any atom is 0.0623 e. The van der Waals surface area contributed by atoms with Gasteiger partial charge in [-0.05, 0) is 124 Å². The highest BCUT2D eigenvalue weighted by atomic mass is 15.0. The second-order valence-corrected chi connectivity index (χ2v) is 14.3. The molecule has 0 unspecified atom stereocenters. The van der Waals surface area contributed by atoms with Crippen LogP contribution in [0.2, 0.25) is 0 Å². The molecule has 262 valence electrons. The zero-order chi connectivity index (χ0) is 36.6. The molecule has 0 aliphatic carbocycles. The van der Waals surface area contributed by atoms with Crippen molar-refractivity contribution in [2.75, 3.05) is 21.3 Å². The van der Waals surface area contributed by atoms with Gasteiger partial charge in [0.25, 0.3) is 0 Å². The first-order valence-corrected chi connectivity index (χ1v) is 18.3. The highest BCUT2D eigenvalue weighted by Gasteiger charge is 2.15. The third-order valence-electron chi connectivity index (χ3n) is 10.1. The molecule has 0 bridgehead atoms. The number of anilines is 8. The Kier molecular flexibility index (Phi) is 8.85. The van der Waals surface area contributed by atoms with Crippen LogP contribution in [-0.4, -0.2) is 4.57 Å². The molecule has 5 nitrogen and oxygen atoms in total. The summed E-state index contributed by atoms with van der Waals surface area (Å²) in [5.41, 5.74) is 19.3. The van der Waals surface area contributed by atoms with Gasteiger partial charge in [-0.15, -0.1) is 0 Å². The second-order valence-electron chi connectivity index (χ2n) is 14.3. The van der Waals surface area contributed by atoms with Gasteiger partial charge >= 0.3 is 0 Å². The van der Waals surface area contributed by atoms with E-state index in [0.29, 0.717) is 0 Å². The van der Waals surface area contributed by atoms with Crippen molar-refractivity contribution in [2.24, 2.45) is 0 Å². The molecule has 8 aromatic rings. The summed E-state index contributed by atoms with van der Waals surface area (Å²) in [7, 11) is 0. The minimum Gasteiger partial charge on any atom is -0.354 e. The zero-order valence-corrected chi connectivity index (χ0v) is 31.2. The van der Waals surface area contributed by atoms with Crippen LogP contribution in [0.3, 0.4) is 0 Å². The number of aryl methyl sites for hydroxylation is 6. The SMILES string of the molecule is Cc1cc(C)c(Nc2ccccc2Nc2cccc(-n3c4ccccc4c4ccc(Nc5ccccc5Nc5c(C)cc(C)cc5C)cc43)c2)c(C)c1. The molecule has 8 rings (SSSR count). The maximum absolute atomic E-state index is 3.74. The fraction of sp³-hybridized carbons (Fsp3) is 0.125. The molecule has 53 heavy (non-hydrogen) atoms. The van der Waals surface area contributed by atoms with Crippen molar-refractivity contribution in [1.29, 1.82) is 0 Å². The lowest BCUT2D eigenvalue weighted by Gasteiger charge is -2.18. The Balaban J connectivity index is 1.15. The van der Waals surface area contributed by atoms with E-state index in [1.165, 1.54) is 44.2 Å². The molecule has 1 aromatic heterocycles. The van der Waals surface area contributed by atoms with E-state index in [1.807, 2.05) is 0 Å². The molecule has 0 saturated heterocycles. The van der Waals surface area contributed by atoms with Crippen LogP contribution in [-0.2, 0) is 0 Å². The van der Waals surface area contributed by atoms with E-state index in [-0.39, 0.29) is 0 Å². The van der Waals surface area contributed by atoms with E-state index >= 15 is 0 Å². The lowest BCUT2D eigenvalue weighted by atomic mass is 10.0. The van der Waals surface area contributed by atoms with E-state index in [4.69, 9.17) is 0 Å². The van der Waals surface area contributed by atoms with Gasteiger partial charge < -0.3 is 25.8 Å². The van der Waals surface area contributed by atoms with Gasteiger partial charge in [0.1, 0.15) is 0 Å². The summed E-state index contributed by atoms with van der Waals surface area (Å²) >= 11 is 0. The number of para-hydroxylation sites is 5. The van der Waals surface area contributed by atoms with Crippen molar-refractivity contribution >= 4 is 67.3 Å². The number of fused-ring (bicyclic) bond motifs is 3. The molecule has 0 aliphatic heterocycles. The Labute approximate surface area is 312 Å². The Hall–Kier alpha value is -6.46. The minimum atomic E-state index is 1.01. The Morgan fingerprint density at radius 2 is 0.811 bits per heavy atom. The van der Waals surface area contributed by atoms with E-state index in [0.717, 1.165) is 62.2 Å². The van der Waals surface area contributed by atoms with Crippen LogP contribution in [0.15, 0.2) is 140 Å². The molecule has 5 heteroatoms. The van der Waals surface area contributed by atoms with Crippen LogP contribution < -0.4 is 21.3 Å². The molecule has 0 radical (unpaired) electrons. The van der Waals surface area contributed by atoms with Gasteiger partial charge in [-0.25, -0.2) is 0 Å². The molecule has 4 N–H and O–H groups in total. The zero-order valence-electron chi connectivity index (χ0n) is 31.2. The highest BCUT2D eigenvalue weighted by Crippen LogP contribution is 2.38. The lowest BCUT2D eigenvalue weighted by Crippen LogP contribution is -2.02. The molecule has 0 fully saturated rings. The third kappa shape index (κ3) is 6.70. The quantitative estimate of drug-likeness (QED) is 0.122. The van der Waals surface area contributed by atoms with Gasteiger partial charge in [0.15, 0.2) is 0 Å². The van der Waals surface area contributed by atoms with Gasteiger partial charge in [-0.3, -0.25) is 0 Å². The molecular formula is C48H45N5. The standard InChI is InChI=1S/C48H45N5/c1-30-24-32(3)47(33(4)25-30)51-43-19-10-8-17-41(43)49-36-14-13-15-38(28-36)53-45-21-12-7-16-39(45)40-23-22-37(29-46(40)53)50-42-18-9-11-20-44(42)52-48-34(5)26-31(2)27-35(48)6/h7-29,49-52H,1-6H3. The maximum atomic E-state index is 3.74. The van der Waals surface area contributed by atoms with Gasteiger partial charge in [-0.1, -0.05) is 90.0 Å². The predicted octanol–water partition coefficient (Wildman–Crippen LogP) is 13.6.